The van der Waals surface area contributed by atoms with Crippen LogP contribution in [0.4, 0.5) is 4.39 Å². The third-order valence-electron chi connectivity index (χ3n) is 3.23. The Kier molecular flexibility index (Phi) is 5.31. The zero-order valence-electron chi connectivity index (χ0n) is 11.5. The topological polar surface area (TPSA) is 50.8 Å². The van der Waals surface area contributed by atoms with Crippen molar-refractivity contribution in [2.45, 2.75) is 0 Å². The Balaban J connectivity index is 1.80. The molecule has 1 N–H and O–H groups in total. The summed E-state index contributed by atoms with van der Waals surface area (Å²) in [6, 6.07) is 4.18. The maximum absolute atomic E-state index is 13.5. The molecule has 110 valence electrons. The van der Waals surface area contributed by atoms with Crippen LogP contribution in [0.1, 0.15) is 10.4 Å². The van der Waals surface area contributed by atoms with Crippen LogP contribution in [0, 0.1) is 5.82 Å². The number of nitrogens with zero attached hydrogens (tertiary/aromatic N) is 1. The maximum Gasteiger partial charge on any atom is 0.251 e. The van der Waals surface area contributed by atoms with Gasteiger partial charge in [0.1, 0.15) is 0 Å². The van der Waals surface area contributed by atoms with E-state index in [1.54, 1.807) is 6.07 Å². The van der Waals surface area contributed by atoms with E-state index < -0.39 is 5.82 Å². The number of carbonyl (C=O) groups is 1. The van der Waals surface area contributed by atoms with Crippen molar-refractivity contribution < 1.29 is 18.7 Å². The molecule has 0 bridgehead atoms. The predicted molar refractivity (Wildman–Crippen MR) is 72.5 cm³/mol. The van der Waals surface area contributed by atoms with E-state index in [4.69, 9.17) is 9.47 Å². The lowest BCUT2D eigenvalue weighted by molar-refractivity contribution is 0.0383. The van der Waals surface area contributed by atoms with Gasteiger partial charge in [0.15, 0.2) is 11.6 Å². The van der Waals surface area contributed by atoms with Gasteiger partial charge < -0.3 is 14.8 Å². The lowest BCUT2D eigenvalue weighted by Crippen LogP contribution is -2.41. The van der Waals surface area contributed by atoms with Gasteiger partial charge in [-0.25, -0.2) is 4.39 Å². The molecule has 1 amide bonds. The average molecular weight is 282 g/mol. The molecule has 5 nitrogen and oxygen atoms in total. The average Bonchev–Trinajstić information content (AvgIpc) is 2.48. The molecule has 2 rings (SSSR count). The van der Waals surface area contributed by atoms with Crippen molar-refractivity contribution >= 4 is 5.91 Å². The highest BCUT2D eigenvalue weighted by Crippen LogP contribution is 2.17. The second-order valence-electron chi connectivity index (χ2n) is 4.56. The van der Waals surface area contributed by atoms with Crippen molar-refractivity contribution in [3.8, 4) is 5.75 Å². The van der Waals surface area contributed by atoms with E-state index in [0.717, 1.165) is 32.8 Å². The van der Waals surface area contributed by atoms with E-state index in [1.165, 1.54) is 19.2 Å². The molecule has 1 saturated heterocycles. The fraction of sp³-hybridized carbons (Fsp3) is 0.500. The number of carbonyl (C=O) groups excluding carboxylic acids is 1. The van der Waals surface area contributed by atoms with Crippen LogP contribution in [0.5, 0.6) is 5.75 Å². The minimum absolute atomic E-state index is 0.134. The zero-order chi connectivity index (χ0) is 14.4. The smallest absolute Gasteiger partial charge is 0.251 e. The van der Waals surface area contributed by atoms with Crippen LogP contribution < -0.4 is 10.1 Å². The summed E-state index contributed by atoms with van der Waals surface area (Å²) in [5.74, 6) is -0.678. The first-order valence-electron chi connectivity index (χ1n) is 6.62. The largest absolute Gasteiger partial charge is 0.494 e. The minimum atomic E-state index is -0.534. The fourth-order valence-electron chi connectivity index (χ4n) is 2.06. The summed E-state index contributed by atoms with van der Waals surface area (Å²) in [5, 5.41) is 2.78. The Morgan fingerprint density at radius 3 is 2.85 bits per heavy atom. The molecule has 0 aliphatic carbocycles. The van der Waals surface area contributed by atoms with Crippen LogP contribution >= 0.6 is 0 Å². The van der Waals surface area contributed by atoms with Gasteiger partial charge in [0.25, 0.3) is 5.91 Å². The highest BCUT2D eigenvalue weighted by Gasteiger charge is 2.12. The zero-order valence-corrected chi connectivity index (χ0v) is 11.5. The van der Waals surface area contributed by atoms with Gasteiger partial charge in [-0.1, -0.05) is 0 Å². The van der Waals surface area contributed by atoms with Gasteiger partial charge in [-0.15, -0.1) is 0 Å². The Labute approximate surface area is 117 Å². The van der Waals surface area contributed by atoms with E-state index in [-0.39, 0.29) is 11.7 Å². The quantitative estimate of drug-likeness (QED) is 0.871. The van der Waals surface area contributed by atoms with Gasteiger partial charge in [0.2, 0.25) is 0 Å². The number of rotatable bonds is 5. The molecular formula is C14H19FN2O3. The third kappa shape index (κ3) is 3.91. The lowest BCUT2D eigenvalue weighted by Gasteiger charge is -2.26. The van der Waals surface area contributed by atoms with Gasteiger partial charge >= 0.3 is 0 Å². The second kappa shape index (κ2) is 7.21. The number of methoxy groups -OCH3 is 1. The highest BCUT2D eigenvalue weighted by atomic mass is 19.1. The molecule has 1 heterocycles. The molecule has 1 aliphatic rings. The SMILES string of the molecule is COc1ccc(C(=O)NCCN2CCOCC2)cc1F. The normalized spacial score (nSPS) is 15.9. The maximum atomic E-state index is 13.5. The summed E-state index contributed by atoms with van der Waals surface area (Å²) in [6.07, 6.45) is 0. The molecule has 0 aromatic heterocycles. The Hall–Kier alpha value is -1.66. The summed E-state index contributed by atoms with van der Waals surface area (Å²) < 4.78 is 23.6. The van der Waals surface area contributed by atoms with Crippen LogP contribution in [0.25, 0.3) is 0 Å². The number of hydrogen-bond acceptors (Lipinski definition) is 4. The molecular weight excluding hydrogens is 263 g/mol. The molecule has 0 saturated carbocycles. The molecule has 0 radical (unpaired) electrons. The molecule has 1 fully saturated rings. The summed E-state index contributed by atoms with van der Waals surface area (Å²) >= 11 is 0. The van der Waals surface area contributed by atoms with Crippen molar-refractivity contribution in [2.75, 3.05) is 46.5 Å². The third-order valence-corrected chi connectivity index (χ3v) is 3.23. The minimum Gasteiger partial charge on any atom is -0.494 e. The first-order valence-corrected chi connectivity index (χ1v) is 6.62. The molecule has 0 atom stereocenters. The van der Waals surface area contributed by atoms with E-state index in [0.29, 0.717) is 12.1 Å². The first-order chi connectivity index (χ1) is 9.70. The second-order valence-corrected chi connectivity index (χ2v) is 4.56. The van der Waals surface area contributed by atoms with E-state index in [9.17, 15) is 9.18 Å². The Morgan fingerprint density at radius 1 is 1.45 bits per heavy atom. The number of halogens is 1. The van der Waals surface area contributed by atoms with Crippen LogP contribution in [-0.4, -0.2) is 57.3 Å². The van der Waals surface area contributed by atoms with E-state index in [1.807, 2.05) is 0 Å². The summed E-state index contributed by atoms with van der Waals surface area (Å²) in [6.45, 7) is 4.54. The number of hydrogen-bond donors (Lipinski definition) is 1. The van der Waals surface area contributed by atoms with Crippen molar-refractivity contribution in [2.24, 2.45) is 0 Å². The fourth-order valence-corrected chi connectivity index (χ4v) is 2.06. The van der Waals surface area contributed by atoms with Crippen LogP contribution in [0.15, 0.2) is 18.2 Å². The van der Waals surface area contributed by atoms with E-state index >= 15 is 0 Å². The van der Waals surface area contributed by atoms with Gasteiger partial charge in [0.05, 0.1) is 20.3 Å². The van der Waals surface area contributed by atoms with Crippen molar-refractivity contribution in [1.29, 1.82) is 0 Å². The first kappa shape index (κ1) is 14.7. The number of morpholine rings is 1. The highest BCUT2D eigenvalue weighted by molar-refractivity contribution is 5.94. The molecule has 1 aromatic carbocycles. The molecule has 20 heavy (non-hydrogen) atoms. The van der Waals surface area contributed by atoms with E-state index in [2.05, 4.69) is 10.2 Å². The monoisotopic (exact) mass is 282 g/mol. The summed E-state index contributed by atoms with van der Waals surface area (Å²) in [4.78, 5) is 14.1. The standard InChI is InChI=1S/C14H19FN2O3/c1-19-13-3-2-11(10-12(13)15)14(18)16-4-5-17-6-8-20-9-7-17/h2-3,10H,4-9H2,1H3,(H,16,18). The van der Waals surface area contributed by atoms with Gasteiger partial charge in [-0.3, -0.25) is 9.69 Å². The molecule has 0 unspecified atom stereocenters. The summed E-state index contributed by atoms with van der Waals surface area (Å²) in [7, 11) is 1.39. The number of nitrogens with one attached hydrogen (secondary N) is 1. The molecule has 1 aromatic rings. The van der Waals surface area contributed by atoms with Gasteiger partial charge in [-0.2, -0.15) is 0 Å². The van der Waals surface area contributed by atoms with Crippen molar-refractivity contribution in [1.82, 2.24) is 10.2 Å². The predicted octanol–water partition coefficient (Wildman–Crippen LogP) is 0.896. The molecule has 6 heteroatoms. The van der Waals surface area contributed by atoms with Crippen LogP contribution in [-0.2, 0) is 4.74 Å². The molecule has 1 aliphatic heterocycles. The van der Waals surface area contributed by atoms with Gasteiger partial charge in [-0.05, 0) is 18.2 Å². The number of ether oxygens (including phenoxy) is 2. The number of amides is 1. The Morgan fingerprint density at radius 2 is 2.20 bits per heavy atom. The van der Waals surface area contributed by atoms with Crippen molar-refractivity contribution in [3.05, 3.63) is 29.6 Å². The number of benzene rings is 1. The Bertz CT molecular complexity index is 462. The molecule has 0 spiro atoms. The lowest BCUT2D eigenvalue weighted by atomic mass is 10.2. The van der Waals surface area contributed by atoms with Crippen LogP contribution in [0.3, 0.4) is 0 Å². The van der Waals surface area contributed by atoms with Crippen molar-refractivity contribution in [3.63, 3.8) is 0 Å². The summed E-state index contributed by atoms with van der Waals surface area (Å²) in [5.41, 5.74) is 0.297. The van der Waals surface area contributed by atoms with Crippen LogP contribution in [0.2, 0.25) is 0 Å². The van der Waals surface area contributed by atoms with Gasteiger partial charge in [0, 0.05) is 31.7 Å².